The lowest BCUT2D eigenvalue weighted by Crippen LogP contribution is -2.43. The van der Waals surface area contributed by atoms with Crippen molar-refractivity contribution in [3.8, 4) is 6.07 Å². The minimum Gasteiger partial charge on any atom is -0.452 e. The summed E-state index contributed by atoms with van der Waals surface area (Å²) in [6.07, 6.45) is 3.75. The van der Waals surface area contributed by atoms with Crippen molar-refractivity contribution in [2.45, 2.75) is 52.5 Å². The monoisotopic (exact) mass is 455 g/mol. The predicted octanol–water partition coefficient (Wildman–Crippen LogP) is 2.17. The van der Waals surface area contributed by atoms with E-state index in [1.54, 1.807) is 6.07 Å². The molecule has 0 unspecified atom stereocenters. The summed E-state index contributed by atoms with van der Waals surface area (Å²) < 4.78 is 6.37. The summed E-state index contributed by atoms with van der Waals surface area (Å²) in [5.41, 5.74) is 5.03. The highest BCUT2D eigenvalue weighted by atomic mass is 16.5. The number of rotatable bonds is 11. The molecule has 0 fully saturated rings. The van der Waals surface area contributed by atoms with Gasteiger partial charge >= 0.3 is 11.7 Å². The number of unbranched alkanes of at least 4 members (excludes halogenated alkanes) is 3. The number of esters is 1. The molecule has 3 N–H and O–H groups in total. The lowest BCUT2D eigenvalue weighted by atomic mass is 10.1. The number of aromatic nitrogens is 2. The van der Waals surface area contributed by atoms with Gasteiger partial charge in [-0.15, -0.1) is 0 Å². The van der Waals surface area contributed by atoms with Crippen LogP contribution in [-0.4, -0.2) is 34.6 Å². The van der Waals surface area contributed by atoms with Gasteiger partial charge in [-0.2, -0.15) is 5.26 Å². The van der Waals surface area contributed by atoms with Crippen LogP contribution in [0, 0.1) is 11.3 Å². The van der Waals surface area contributed by atoms with Crippen LogP contribution in [0.15, 0.2) is 33.9 Å². The van der Waals surface area contributed by atoms with Crippen molar-refractivity contribution in [1.29, 1.82) is 5.26 Å². The van der Waals surface area contributed by atoms with E-state index in [1.807, 2.05) is 19.9 Å². The first-order chi connectivity index (χ1) is 15.8. The van der Waals surface area contributed by atoms with E-state index in [0.717, 1.165) is 19.3 Å². The molecule has 0 atom stereocenters. The standard InChI is InChI=1S/C23H29N5O5/c1-3-5-7-12-27(19-20(25)28(11-6-4-2)23(32)26-21(19)30)18(29)15-33-22(31)17-10-8-9-16(13-17)14-24/h8-10,13H,3-7,11-12,15,25H2,1-2H3,(H,26,30,32). The number of hydrogen-bond donors (Lipinski definition) is 2. The minimum atomic E-state index is -0.775. The highest BCUT2D eigenvalue weighted by molar-refractivity contribution is 5.98. The second kappa shape index (κ2) is 12.2. The zero-order valence-corrected chi connectivity index (χ0v) is 18.9. The molecule has 33 heavy (non-hydrogen) atoms. The molecule has 0 aliphatic heterocycles. The van der Waals surface area contributed by atoms with Gasteiger partial charge in [-0.25, -0.2) is 9.59 Å². The lowest BCUT2D eigenvalue weighted by Gasteiger charge is -2.24. The number of benzene rings is 1. The molecule has 0 bridgehead atoms. The van der Waals surface area contributed by atoms with Crippen LogP contribution in [0.1, 0.15) is 61.9 Å². The van der Waals surface area contributed by atoms with Gasteiger partial charge < -0.3 is 15.4 Å². The van der Waals surface area contributed by atoms with Crippen molar-refractivity contribution in [3.05, 3.63) is 56.2 Å². The van der Waals surface area contributed by atoms with Gasteiger partial charge in [0.05, 0.1) is 17.2 Å². The minimum absolute atomic E-state index is 0.102. The van der Waals surface area contributed by atoms with Crippen LogP contribution in [0.2, 0.25) is 0 Å². The summed E-state index contributed by atoms with van der Waals surface area (Å²) in [5.74, 6) is -1.52. The molecule has 1 amide bonds. The number of carbonyl (C=O) groups excluding carboxylic acids is 2. The lowest BCUT2D eigenvalue weighted by molar-refractivity contribution is -0.121. The Kier molecular flexibility index (Phi) is 9.42. The zero-order valence-electron chi connectivity index (χ0n) is 18.9. The molecular formula is C23H29N5O5. The summed E-state index contributed by atoms with van der Waals surface area (Å²) >= 11 is 0. The van der Waals surface area contributed by atoms with Crippen LogP contribution < -0.4 is 21.9 Å². The van der Waals surface area contributed by atoms with E-state index in [9.17, 15) is 19.2 Å². The summed E-state index contributed by atoms with van der Waals surface area (Å²) in [7, 11) is 0. The molecule has 1 aromatic heterocycles. The van der Waals surface area contributed by atoms with Crippen LogP contribution in [0.5, 0.6) is 0 Å². The number of nitrogens with two attached hydrogens (primary N) is 1. The Hall–Kier alpha value is -3.87. The number of nitriles is 1. The average Bonchev–Trinajstić information content (AvgIpc) is 2.81. The first-order valence-electron chi connectivity index (χ1n) is 10.9. The van der Waals surface area contributed by atoms with Crippen molar-refractivity contribution in [3.63, 3.8) is 0 Å². The number of H-pyrrole nitrogens is 1. The van der Waals surface area contributed by atoms with E-state index in [2.05, 4.69) is 4.98 Å². The summed E-state index contributed by atoms with van der Waals surface area (Å²) in [4.78, 5) is 53.6. The molecule has 2 rings (SSSR count). The third-order valence-corrected chi connectivity index (χ3v) is 5.06. The molecule has 0 spiro atoms. The molecule has 0 saturated heterocycles. The molecule has 0 aliphatic carbocycles. The molecule has 176 valence electrons. The Morgan fingerprint density at radius 1 is 1.18 bits per heavy atom. The van der Waals surface area contributed by atoms with Crippen LogP contribution >= 0.6 is 0 Å². The quantitative estimate of drug-likeness (QED) is 0.389. The van der Waals surface area contributed by atoms with Gasteiger partial charge in [0, 0.05) is 13.1 Å². The van der Waals surface area contributed by atoms with Crippen molar-refractivity contribution in [2.75, 3.05) is 23.8 Å². The van der Waals surface area contributed by atoms with Crippen molar-refractivity contribution >= 4 is 23.4 Å². The van der Waals surface area contributed by atoms with Gasteiger partial charge in [0.1, 0.15) is 5.82 Å². The Bertz CT molecular complexity index is 1150. The first kappa shape index (κ1) is 25.4. The van der Waals surface area contributed by atoms with E-state index in [-0.39, 0.29) is 29.2 Å². The second-order valence-electron chi connectivity index (χ2n) is 7.52. The van der Waals surface area contributed by atoms with Crippen LogP contribution in [0.4, 0.5) is 11.5 Å². The van der Waals surface area contributed by atoms with E-state index in [0.29, 0.717) is 19.4 Å². The van der Waals surface area contributed by atoms with E-state index in [4.69, 9.17) is 15.7 Å². The maximum absolute atomic E-state index is 13.0. The highest BCUT2D eigenvalue weighted by Crippen LogP contribution is 2.19. The molecule has 1 aromatic carbocycles. The first-order valence-corrected chi connectivity index (χ1v) is 10.9. The summed E-state index contributed by atoms with van der Waals surface area (Å²) in [6, 6.07) is 7.84. The van der Waals surface area contributed by atoms with E-state index in [1.165, 1.54) is 27.7 Å². The Labute approximate surface area is 191 Å². The predicted molar refractivity (Wildman–Crippen MR) is 124 cm³/mol. The second-order valence-corrected chi connectivity index (χ2v) is 7.52. The maximum Gasteiger partial charge on any atom is 0.338 e. The number of nitrogens with one attached hydrogen (secondary N) is 1. The molecule has 1 heterocycles. The van der Waals surface area contributed by atoms with Crippen molar-refractivity contribution in [2.24, 2.45) is 0 Å². The number of ether oxygens (including phenoxy) is 1. The van der Waals surface area contributed by atoms with Crippen LogP contribution in [-0.2, 0) is 16.1 Å². The molecular weight excluding hydrogens is 426 g/mol. The molecule has 0 aliphatic rings. The number of aromatic amines is 1. The van der Waals surface area contributed by atoms with Gasteiger partial charge in [0.2, 0.25) is 0 Å². The molecule has 0 radical (unpaired) electrons. The van der Waals surface area contributed by atoms with Crippen molar-refractivity contribution in [1.82, 2.24) is 9.55 Å². The van der Waals surface area contributed by atoms with Crippen LogP contribution in [0.25, 0.3) is 0 Å². The number of anilines is 2. The van der Waals surface area contributed by atoms with Gasteiger partial charge in [-0.3, -0.25) is 19.1 Å². The number of hydrogen-bond acceptors (Lipinski definition) is 7. The highest BCUT2D eigenvalue weighted by Gasteiger charge is 2.25. The van der Waals surface area contributed by atoms with E-state index < -0.39 is 29.7 Å². The average molecular weight is 456 g/mol. The Morgan fingerprint density at radius 2 is 1.91 bits per heavy atom. The zero-order chi connectivity index (χ0) is 24.4. The number of amides is 1. The van der Waals surface area contributed by atoms with Gasteiger partial charge in [0.25, 0.3) is 11.5 Å². The van der Waals surface area contributed by atoms with Gasteiger partial charge in [-0.05, 0) is 31.0 Å². The summed E-state index contributed by atoms with van der Waals surface area (Å²) in [6.45, 7) is 3.79. The fourth-order valence-corrected chi connectivity index (χ4v) is 3.26. The largest absolute Gasteiger partial charge is 0.452 e. The molecule has 10 heteroatoms. The molecule has 0 saturated carbocycles. The van der Waals surface area contributed by atoms with Crippen LogP contribution in [0.3, 0.4) is 0 Å². The third kappa shape index (κ3) is 6.55. The topological polar surface area (TPSA) is 151 Å². The van der Waals surface area contributed by atoms with Crippen molar-refractivity contribution < 1.29 is 14.3 Å². The SMILES string of the molecule is CCCCCN(C(=O)COC(=O)c1cccc(C#N)c1)c1c(N)n(CCCC)c(=O)[nH]c1=O. The van der Waals surface area contributed by atoms with E-state index >= 15 is 0 Å². The van der Waals surface area contributed by atoms with Gasteiger partial charge in [-0.1, -0.05) is 39.2 Å². The smallest absolute Gasteiger partial charge is 0.338 e. The summed E-state index contributed by atoms with van der Waals surface area (Å²) in [5, 5.41) is 8.98. The maximum atomic E-state index is 13.0. The Morgan fingerprint density at radius 3 is 2.58 bits per heavy atom. The third-order valence-electron chi connectivity index (χ3n) is 5.06. The van der Waals surface area contributed by atoms with Gasteiger partial charge in [0.15, 0.2) is 12.3 Å². The molecule has 10 nitrogen and oxygen atoms in total. The fraction of sp³-hybridized carbons (Fsp3) is 0.435. The number of carbonyl (C=O) groups is 2. The molecule has 2 aromatic rings. The number of nitrogen functional groups attached to an aromatic ring is 1. The Balaban J connectivity index is 2.31. The fourth-order valence-electron chi connectivity index (χ4n) is 3.26. The number of nitrogens with zero attached hydrogens (tertiary/aromatic N) is 3. The normalized spacial score (nSPS) is 10.5.